The van der Waals surface area contributed by atoms with E-state index in [1.54, 1.807) is 0 Å². The van der Waals surface area contributed by atoms with Crippen LogP contribution in [0, 0.1) is 5.92 Å². The third-order valence-corrected chi connectivity index (χ3v) is 6.18. The van der Waals surface area contributed by atoms with Crippen LogP contribution in [-0.4, -0.2) is 41.7 Å². The highest BCUT2D eigenvalue weighted by Gasteiger charge is 2.26. The lowest BCUT2D eigenvalue weighted by molar-refractivity contribution is -0.135. The van der Waals surface area contributed by atoms with Gasteiger partial charge < -0.3 is 14.7 Å². The lowest BCUT2D eigenvalue weighted by Gasteiger charge is -2.33. The minimum absolute atomic E-state index is 0.0265. The number of rotatable bonds is 5. The van der Waals surface area contributed by atoms with Crippen molar-refractivity contribution in [3.63, 3.8) is 0 Å². The Labute approximate surface area is 161 Å². The van der Waals surface area contributed by atoms with Crippen LogP contribution in [-0.2, 0) is 4.79 Å². The van der Waals surface area contributed by atoms with Gasteiger partial charge in [-0.25, -0.2) is 0 Å². The number of halogens is 1. The summed E-state index contributed by atoms with van der Waals surface area (Å²) in [4.78, 5) is 14.4. The Kier molecular flexibility index (Phi) is 6.82. The van der Waals surface area contributed by atoms with E-state index < -0.39 is 0 Å². The van der Waals surface area contributed by atoms with Gasteiger partial charge in [-0.05, 0) is 68.2 Å². The summed E-state index contributed by atoms with van der Waals surface area (Å²) in [7, 11) is 0. The van der Waals surface area contributed by atoms with Gasteiger partial charge in [0.15, 0.2) is 6.61 Å². The number of carbonyl (C=O) groups excluding carboxylic acids is 1. The Morgan fingerprint density at radius 2 is 1.92 bits per heavy atom. The SMILES string of the molecule is CC(O)C1CCN(C(=O)COc2ccc(Cl)cc2C2CCCCC2)CC1. The van der Waals surface area contributed by atoms with E-state index in [0.29, 0.717) is 24.9 Å². The molecule has 1 saturated carbocycles. The maximum absolute atomic E-state index is 12.5. The summed E-state index contributed by atoms with van der Waals surface area (Å²) in [5.74, 6) is 1.61. The average molecular weight is 380 g/mol. The molecule has 0 spiro atoms. The Balaban J connectivity index is 1.58. The molecule has 1 saturated heterocycles. The second-order valence-corrected chi connectivity index (χ2v) is 8.20. The molecule has 1 aromatic carbocycles. The molecule has 0 radical (unpaired) electrons. The van der Waals surface area contributed by atoms with E-state index in [-0.39, 0.29) is 18.6 Å². The number of benzene rings is 1. The van der Waals surface area contributed by atoms with Crippen LogP contribution < -0.4 is 4.74 Å². The predicted octanol–water partition coefficient (Wildman–Crippen LogP) is 4.39. The summed E-state index contributed by atoms with van der Waals surface area (Å²) in [6, 6.07) is 5.74. The quantitative estimate of drug-likeness (QED) is 0.825. The Hall–Kier alpha value is -1.26. The fourth-order valence-corrected chi connectivity index (χ4v) is 4.43. The summed E-state index contributed by atoms with van der Waals surface area (Å²) in [5.41, 5.74) is 1.15. The highest BCUT2D eigenvalue weighted by Crippen LogP contribution is 2.38. The van der Waals surface area contributed by atoms with Crippen molar-refractivity contribution < 1.29 is 14.6 Å². The molecule has 1 aliphatic carbocycles. The van der Waals surface area contributed by atoms with Gasteiger partial charge in [0.2, 0.25) is 0 Å². The first-order chi connectivity index (χ1) is 12.5. The van der Waals surface area contributed by atoms with Crippen LogP contribution in [0.15, 0.2) is 18.2 Å². The minimum atomic E-state index is -0.296. The molecule has 26 heavy (non-hydrogen) atoms. The van der Waals surface area contributed by atoms with Crippen molar-refractivity contribution in [3.05, 3.63) is 28.8 Å². The van der Waals surface area contributed by atoms with Crippen LogP contribution in [0.2, 0.25) is 5.02 Å². The van der Waals surface area contributed by atoms with Gasteiger partial charge in [-0.3, -0.25) is 4.79 Å². The van der Waals surface area contributed by atoms with Crippen molar-refractivity contribution in [1.82, 2.24) is 4.90 Å². The molecule has 1 aromatic rings. The van der Waals surface area contributed by atoms with Crippen molar-refractivity contribution in [1.29, 1.82) is 0 Å². The van der Waals surface area contributed by atoms with Crippen LogP contribution in [0.3, 0.4) is 0 Å². The summed E-state index contributed by atoms with van der Waals surface area (Å²) < 4.78 is 5.94. The molecule has 0 bridgehead atoms. The molecule has 2 aliphatic rings. The van der Waals surface area contributed by atoms with Gasteiger partial charge in [-0.2, -0.15) is 0 Å². The Bertz CT molecular complexity index is 605. The Morgan fingerprint density at radius 3 is 2.58 bits per heavy atom. The molecule has 5 heteroatoms. The van der Waals surface area contributed by atoms with Crippen molar-refractivity contribution in [2.75, 3.05) is 19.7 Å². The van der Waals surface area contributed by atoms with E-state index in [1.165, 1.54) is 19.3 Å². The Morgan fingerprint density at radius 1 is 1.23 bits per heavy atom. The number of hydrogen-bond acceptors (Lipinski definition) is 3. The summed E-state index contributed by atoms with van der Waals surface area (Å²) in [6.07, 6.45) is 7.54. The zero-order valence-electron chi connectivity index (χ0n) is 15.6. The smallest absolute Gasteiger partial charge is 0.260 e. The number of piperidine rings is 1. The predicted molar refractivity (Wildman–Crippen MR) is 104 cm³/mol. The zero-order chi connectivity index (χ0) is 18.5. The molecule has 1 atom stereocenters. The van der Waals surface area contributed by atoms with Gasteiger partial charge in [0.1, 0.15) is 5.75 Å². The standard InChI is InChI=1S/C21H30ClNO3/c1-15(24)16-9-11-23(12-10-16)21(25)14-26-20-8-7-18(22)13-19(20)17-5-3-2-4-6-17/h7-8,13,15-17,24H,2-6,9-12,14H2,1H3. The summed E-state index contributed by atoms with van der Waals surface area (Å²) >= 11 is 6.21. The van der Waals surface area contributed by atoms with E-state index in [0.717, 1.165) is 42.0 Å². The van der Waals surface area contributed by atoms with Crippen LogP contribution in [0.4, 0.5) is 0 Å². The topological polar surface area (TPSA) is 49.8 Å². The van der Waals surface area contributed by atoms with Gasteiger partial charge in [0.25, 0.3) is 5.91 Å². The number of carbonyl (C=O) groups is 1. The molecule has 1 heterocycles. The number of hydrogen-bond donors (Lipinski definition) is 1. The number of amides is 1. The first-order valence-corrected chi connectivity index (χ1v) is 10.3. The van der Waals surface area contributed by atoms with Gasteiger partial charge in [0, 0.05) is 18.1 Å². The molecule has 1 N–H and O–H groups in total. The highest BCUT2D eigenvalue weighted by molar-refractivity contribution is 6.30. The van der Waals surface area contributed by atoms with E-state index in [2.05, 4.69) is 0 Å². The molecule has 1 amide bonds. The normalized spacial score (nSPS) is 20.8. The van der Waals surface area contributed by atoms with Crippen molar-refractivity contribution in [3.8, 4) is 5.75 Å². The second-order valence-electron chi connectivity index (χ2n) is 7.76. The number of likely N-dealkylation sites (tertiary alicyclic amines) is 1. The van der Waals surface area contributed by atoms with Crippen LogP contribution in [0.25, 0.3) is 0 Å². The zero-order valence-corrected chi connectivity index (χ0v) is 16.4. The lowest BCUT2D eigenvalue weighted by atomic mass is 9.84. The number of aliphatic hydroxyl groups is 1. The van der Waals surface area contributed by atoms with Crippen molar-refractivity contribution >= 4 is 17.5 Å². The van der Waals surface area contributed by atoms with Crippen molar-refractivity contribution in [2.45, 2.75) is 63.9 Å². The largest absolute Gasteiger partial charge is 0.483 e. The summed E-state index contributed by atoms with van der Waals surface area (Å²) in [6.45, 7) is 3.31. The van der Waals surface area contributed by atoms with E-state index in [9.17, 15) is 9.90 Å². The van der Waals surface area contributed by atoms with Crippen molar-refractivity contribution in [2.24, 2.45) is 5.92 Å². The fourth-order valence-electron chi connectivity index (χ4n) is 4.25. The number of aliphatic hydroxyl groups excluding tert-OH is 1. The first kappa shape index (κ1) is 19.5. The van der Waals surface area contributed by atoms with Gasteiger partial charge >= 0.3 is 0 Å². The van der Waals surface area contributed by atoms with E-state index in [1.807, 2.05) is 30.0 Å². The highest BCUT2D eigenvalue weighted by atomic mass is 35.5. The summed E-state index contributed by atoms with van der Waals surface area (Å²) in [5, 5.41) is 10.4. The van der Waals surface area contributed by atoms with Crippen LogP contribution in [0.5, 0.6) is 5.75 Å². The minimum Gasteiger partial charge on any atom is -0.483 e. The molecule has 3 rings (SSSR count). The third kappa shape index (κ3) is 4.92. The first-order valence-electron chi connectivity index (χ1n) is 9.92. The maximum atomic E-state index is 12.5. The average Bonchev–Trinajstić information content (AvgIpc) is 2.67. The van der Waals surface area contributed by atoms with E-state index in [4.69, 9.17) is 16.3 Å². The molecule has 4 nitrogen and oxygen atoms in total. The van der Waals surface area contributed by atoms with Gasteiger partial charge in [-0.1, -0.05) is 30.9 Å². The number of ether oxygens (including phenoxy) is 1. The van der Waals surface area contributed by atoms with E-state index >= 15 is 0 Å². The second kappa shape index (κ2) is 9.09. The fraction of sp³-hybridized carbons (Fsp3) is 0.667. The molecule has 2 fully saturated rings. The molecule has 1 unspecified atom stereocenters. The molecular formula is C21H30ClNO3. The molecule has 1 aliphatic heterocycles. The van der Waals surface area contributed by atoms with Crippen LogP contribution in [0.1, 0.15) is 63.4 Å². The maximum Gasteiger partial charge on any atom is 0.260 e. The monoisotopic (exact) mass is 379 g/mol. The van der Waals surface area contributed by atoms with Gasteiger partial charge in [0.05, 0.1) is 6.10 Å². The lowest BCUT2D eigenvalue weighted by Crippen LogP contribution is -2.42. The molecule has 144 valence electrons. The molecular weight excluding hydrogens is 350 g/mol. The van der Waals surface area contributed by atoms with Crippen LogP contribution >= 0.6 is 11.6 Å². The third-order valence-electron chi connectivity index (χ3n) is 5.94. The van der Waals surface area contributed by atoms with Gasteiger partial charge in [-0.15, -0.1) is 0 Å². The molecule has 0 aromatic heterocycles. The number of nitrogens with zero attached hydrogens (tertiary/aromatic N) is 1.